The maximum atomic E-state index is 11.3. The molecule has 2 aliphatic carbocycles. The van der Waals surface area contributed by atoms with Gasteiger partial charge >= 0.3 is 0 Å². The third-order valence-electron chi connectivity index (χ3n) is 4.03. The lowest BCUT2D eigenvalue weighted by molar-refractivity contribution is 0.102. The van der Waals surface area contributed by atoms with E-state index in [0.29, 0.717) is 16.0 Å². The summed E-state index contributed by atoms with van der Waals surface area (Å²) in [5.41, 5.74) is 7.01. The maximum absolute atomic E-state index is 11.3. The molecule has 2 saturated carbocycles. The van der Waals surface area contributed by atoms with E-state index < -0.39 is 0 Å². The summed E-state index contributed by atoms with van der Waals surface area (Å²) >= 11 is 1.48. The summed E-state index contributed by atoms with van der Waals surface area (Å²) in [5.74, 6) is 1.02. The Morgan fingerprint density at radius 3 is 2.76 bits per heavy atom. The zero-order valence-corrected chi connectivity index (χ0v) is 10.9. The first-order valence-electron chi connectivity index (χ1n) is 6.25. The monoisotopic (exact) mass is 250 g/mol. The van der Waals surface area contributed by atoms with E-state index in [0.717, 1.165) is 17.5 Å². The number of anilines is 2. The highest BCUT2D eigenvalue weighted by Gasteiger charge is 2.53. The zero-order valence-electron chi connectivity index (χ0n) is 10.1. The first-order valence-corrected chi connectivity index (χ1v) is 7.06. The molecule has 2 aliphatic rings. The number of carbonyl (C=O) groups is 1. The second kappa shape index (κ2) is 3.73. The molecule has 1 aromatic heterocycles. The van der Waals surface area contributed by atoms with Crippen LogP contribution in [0, 0.1) is 11.3 Å². The van der Waals surface area contributed by atoms with Crippen LogP contribution in [0.3, 0.4) is 0 Å². The number of nitrogens with one attached hydrogen (secondary N) is 1. The molecule has 0 spiro atoms. The van der Waals surface area contributed by atoms with Crippen LogP contribution in [0.4, 0.5) is 10.7 Å². The Hall–Kier alpha value is -1.03. The molecule has 0 atom stereocenters. The molecule has 0 radical (unpaired) electrons. The summed E-state index contributed by atoms with van der Waals surface area (Å²) in [4.78, 5) is 12.0. The van der Waals surface area contributed by atoms with Gasteiger partial charge in [-0.25, -0.2) is 0 Å². The Balaban J connectivity index is 1.65. The molecular weight excluding hydrogens is 232 g/mol. The van der Waals surface area contributed by atoms with Gasteiger partial charge in [-0.05, 0) is 43.1 Å². The molecule has 0 saturated heterocycles. The standard InChI is InChI=1S/C13H18N2OS/c1-8(16)12-10(14)6-11(17-12)15-7-13(4-5-13)9-2-3-9/h6,9,15H,2-5,7,14H2,1H3. The molecule has 4 heteroatoms. The molecule has 3 rings (SSSR count). The molecule has 92 valence electrons. The van der Waals surface area contributed by atoms with Gasteiger partial charge in [-0.1, -0.05) is 0 Å². The molecule has 0 bridgehead atoms. The minimum Gasteiger partial charge on any atom is -0.397 e. The second-order valence-corrected chi connectivity index (χ2v) is 6.49. The van der Waals surface area contributed by atoms with Crippen molar-refractivity contribution in [2.45, 2.75) is 32.6 Å². The van der Waals surface area contributed by atoms with Crippen LogP contribution in [0.2, 0.25) is 0 Å². The first-order chi connectivity index (χ1) is 8.11. The van der Waals surface area contributed by atoms with Gasteiger partial charge in [-0.2, -0.15) is 0 Å². The number of hydrogen-bond donors (Lipinski definition) is 2. The second-order valence-electron chi connectivity index (χ2n) is 5.44. The van der Waals surface area contributed by atoms with Crippen molar-refractivity contribution in [3.05, 3.63) is 10.9 Å². The number of thiophene rings is 1. The fraction of sp³-hybridized carbons (Fsp3) is 0.615. The number of ketones is 1. The molecule has 2 fully saturated rings. The van der Waals surface area contributed by atoms with Crippen molar-refractivity contribution >= 4 is 27.8 Å². The van der Waals surface area contributed by atoms with Gasteiger partial charge in [0.25, 0.3) is 0 Å². The molecule has 1 aromatic rings. The topological polar surface area (TPSA) is 55.1 Å². The quantitative estimate of drug-likeness (QED) is 0.789. The van der Waals surface area contributed by atoms with Crippen molar-refractivity contribution in [3.8, 4) is 0 Å². The van der Waals surface area contributed by atoms with E-state index in [9.17, 15) is 4.79 Å². The summed E-state index contributed by atoms with van der Waals surface area (Å²) in [6.45, 7) is 2.62. The van der Waals surface area contributed by atoms with E-state index in [1.54, 1.807) is 6.92 Å². The molecule has 0 aromatic carbocycles. The Labute approximate surface area is 105 Å². The van der Waals surface area contributed by atoms with Crippen molar-refractivity contribution in [2.75, 3.05) is 17.6 Å². The fourth-order valence-electron chi connectivity index (χ4n) is 2.62. The molecule has 3 nitrogen and oxygen atoms in total. The highest BCUT2D eigenvalue weighted by Crippen LogP contribution is 2.61. The zero-order chi connectivity index (χ0) is 12.0. The number of carbonyl (C=O) groups excluding carboxylic acids is 1. The summed E-state index contributed by atoms with van der Waals surface area (Å²) in [7, 11) is 0. The van der Waals surface area contributed by atoms with Crippen molar-refractivity contribution < 1.29 is 4.79 Å². The minimum absolute atomic E-state index is 0.0591. The molecule has 3 N–H and O–H groups in total. The van der Waals surface area contributed by atoms with E-state index in [-0.39, 0.29) is 5.78 Å². The maximum Gasteiger partial charge on any atom is 0.171 e. The molecule has 0 aliphatic heterocycles. The predicted octanol–water partition coefficient (Wildman–Crippen LogP) is 3.14. The molecular formula is C13H18N2OS. The van der Waals surface area contributed by atoms with Gasteiger partial charge in [0.15, 0.2) is 5.78 Å². The van der Waals surface area contributed by atoms with Crippen LogP contribution >= 0.6 is 11.3 Å². The smallest absolute Gasteiger partial charge is 0.171 e. The highest BCUT2D eigenvalue weighted by molar-refractivity contribution is 7.18. The summed E-state index contributed by atoms with van der Waals surface area (Å²) < 4.78 is 0. The third-order valence-corrected chi connectivity index (χ3v) is 5.24. The number of nitrogen functional groups attached to an aromatic ring is 1. The summed E-state index contributed by atoms with van der Waals surface area (Å²) in [5, 5.41) is 4.51. The number of hydrogen-bond acceptors (Lipinski definition) is 4. The average Bonchev–Trinajstić information content (AvgIpc) is 3.13. The van der Waals surface area contributed by atoms with Crippen LogP contribution in [0.5, 0.6) is 0 Å². The molecule has 17 heavy (non-hydrogen) atoms. The SMILES string of the molecule is CC(=O)c1sc(NCC2(C3CC3)CC2)cc1N. The van der Waals surface area contributed by atoms with Crippen LogP contribution in [0.1, 0.15) is 42.3 Å². The van der Waals surface area contributed by atoms with Crippen molar-refractivity contribution in [1.29, 1.82) is 0 Å². The van der Waals surface area contributed by atoms with E-state index in [4.69, 9.17) is 5.73 Å². The largest absolute Gasteiger partial charge is 0.397 e. The molecule has 1 heterocycles. The number of Topliss-reactive ketones (excluding diaryl/α,β-unsaturated/α-hetero) is 1. The van der Waals surface area contributed by atoms with Gasteiger partial charge in [0.05, 0.1) is 15.6 Å². The van der Waals surface area contributed by atoms with Crippen molar-refractivity contribution in [3.63, 3.8) is 0 Å². The lowest BCUT2D eigenvalue weighted by Gasteiger charge is -2.14. The van der Waals surface area contributed by atoms with Gasteiger partial charge in [0.1, 0.15) is 0 Å². The first kappa shape index (κ1) is 11.1. The van der Waals surface area contributed by atoms with Crippen molar-refractivity contribution in [2.24, 2.45) is 11.3 Å². The van der Waals surface area contributed by atoms with E-state index >= 15 is 0 Å². The third kappa shape index (κ3) is 2.06. The Bertz CT molecular complexity index is 458. The highest BCUT2D eigenvalue weighted by atomic mass is 32.1. The minimum atomic E-state index is 0.0591. The van der Waals surface area contributed by atoms with Crippen LogP contribution in [-0.2, 0) is 0 Å². The van der Waals surface area contributed by atoms with Gasteiger partial charge < -0.3 is 11.1 Å². The van der Waals surface area contributed by atoms with E-state index in [2.05, 4.69) is 5.32 Å². The molecule has 0 amide bonds. The predicted molar refractivity (Wildman–Crippen MR) is 71.6 cm³/mol. The summed E-state index contributed by atoms with van der Waals surface area (Å²) in [6, 6.07) is 1.89. The molecule has 0 unspecified atom stereocenters. The average molecular weight is 250 g/mol. The Morgan fingerprint density at radius 1 is 1.59 bits per heavy atom. The van der Waals surface area contributed by atoms with E-state index in [1.165, 1.54) is 37.0 Å². The lowest BCUT2D eigenvalue weighted by atomic mass is 10.0. The van der Waals surface area contributed by atoms with Crippen LogP contribution in [-0.4, -0.2) is 12.3 Å². The van der Waals surface area contributed by atoms with Gasteiger partial charge in [-0.15, -0.1) is 11.3 Å². The Morgan fingerprint density at radius 2 is 2.29 bits per heavy atom. The van der Waals surface area contributed by atoms with Gasteiger partial charge in [0.2, 0.25) is 0 Å². The Kier molecular flexibility index (Phi) is 2.43. The van der Waals surface area contributed by atoms with E-state index in [1.807, 2.05) is 6.07 Å². The van der Waals surface area contributed by atoms with Gasteiger partial charge in [0, 0.05) is 13.5 Å². The van der Waals surface area contributed by atoms with Crippen LogP contribution in [0.15, 0.2) is 6.07 Å². The summed E-state index contributed by atoms with van der Waals surface area (Å²) in [6.07, 6.45) is 5.55. The van der Waals surface area contributed by atoms with Crippen molar-refractivity contribution in [1.82, 2.24) is 0 Å². The number of nitrogens with two attached hydrogens (primary N) is 1. The van der Waals surface area contributed by atoms with Gasteiger partial charge in [-0.3, -0.25) is 4.79 Å². The fourth-order valence-corrected chi connectivity index (χ4v) is 3.49. The van der Waals surface area contributed by atoms with Crippen LogP contribution in [0.25, 0.3) is 0 Å². The lowest BCUT2D eigenvalue weighted by Crippen LogP contribution is -2.16. The normalized spacial score (nSPS) is 21.2. The number of rotatable bonds is 5. The van der Waals surface area contributed by atoms with Crippen LogP contribution < -0.4 is 11.1 Å².